The zero-order valence-corrected chi connectivity index (χ0v) is 11.9. The molecular weight excluding hydrogens is 275 g/mol. The van der Waals surface area contributed by atoms with Gasteiger partial charge in [0.15, 0.2) is 0 Å². The Bertz CT molecular complexity index is 502. The molecule has 0 saturated heterocycles. The third kappa shape index (κ3) is 6.18. The van der Waals surface area contributed by atoms with Gasteiger partial charge in [-0.1, -0.05) is 13.0 Å². The number of carboxylic acids is 1. The highest BCUT2D eigenvalue weighted by Gasteiger charge is 2.17. The van der Waals surface area contributed by atoms with Crippen molar-refractivity contribution < 1.29 is 19.1 Å². The summed E-state index contributed by atoms with van der Waals surface area (Å²) >= 11 is 0. The standard InChI is InChI=1S/C15H19FN2O3/c1-3-8-18(9-11(2)15(20)21)10-14(19)17-13-6-4-12(16)5-7-13/h3-7,11H,1,8-10H2,2H3,(H,17,19)(H,20,21). The van der Waals surface area contributed by atoms with Crippen LogP contribution in [0.4, 0.5) is 10.1 Å². The average Bonchev–Trinajstić information content (AvgIpc) is 2.41. The van der Waals surface area contributed by atoms with Gasteiger partial charge in [-0.3, -0.25) is 14.5 Å². The Morgan fingerprint density at radius 3 is 2.57 bits per heavy atom. The van der Waals surface area contributed by atoms with Crippen LogP contribution in [0.25, 0.3) is 0 Å². The van der Waals surface area contributed by atoms with Gasteiger partial charge in [0.25, 0.3) is 0 Å². The van der Waals surface area contributed by atoms with Crippen molar-refractivity contribution in [2.75, 3.05) is 25.0 Å². The fourth-order valence-electron chi connectivity index (χ4n) is 1.79. The van der Waals surface area contributed by atoms with Gasteiger partial charge >= 0.3 is 5.97 Å². The first-order chi connectivity index (χ1) is 9.92. The van der Waals surface area contributed by atoms with Crippen LogP contribution in [0.15, 0.2) is 36.9 Å². The molecule has 0 aromatic heterocycles. The second kappa shape index (κ2) is 8.16. The summed E-state index contributed by atoms with van der Waals surface area (Å²) < 4.78 is 12.8. The zero-order chi connectivity index (χ0) is 15.8. The van der Waals surface area contributed by atoms with Crippen LogP contribution in [0.5, 0.6) is 0 Å². The van der Waals surface area contributed by atoms with Crippen molar-refractivity contribution in [2.24, 2.45) is 5.92 Å². The molecule has 1 aromatic carbocycles. The lowest BCUT2D eigenvalue weighted by atomic mass is 10.1. The molecule has 0 aliphatic heterocycles. The summed E-state index contributed by atoms with van der Waals surface area (Å²) in [6.45, 7) is 5.87. The summed E-state index contributed by atoms with van der Waals surface area (Å²) in [6, 6.07) is 5.43. The number of anilines is 1. The van der Waals surface area contributed by atoms with Gasteiger partial charge < -0.3 is 10.4 Å². The van der Waals surface area contributed by atoms with Gasteiger partial charge in [0, 0.05) is 18.8 Å². The van der Waals surface area contributed by atoms with Crippen LogP contribution >= 0.6 is 0 Å². The van der Waals surface area contributed by atoms with E-state index < -0.39 is 11.9 Å². The predicted octanol–water partition coefficient (Wildman–Crippen LogP) is 1.97. The molecule has 2 N–H and O–H groups in total. The Morgan fingerprint density at radius 1 is 1.43 bits per heavy atom. The third-order valence-corrected chi connectivity index (χ3v) is 2.84. The molecule has 0 fully saturated rings. The number of nitrogens with zero attached hydrogens (tertiary/aromatic N) is 1. The van der Waals surface area contributed by atoms with E-state index in [-0.39, 0.29) is 24.8 Å². The summed E-state index contributed by atoms with van der Waals surface area (Å²) in [5, 5.41) is 11.5. The van der Waals surface area contributed by atoms with Gasteiger partial charge in [-0.05, 0) is 24.3 Å². The van der Waals surface area contributed by atoms with E-state index in [1.165, 1.54) is 24.3 Å². The van der Waals surface area contributed by atoms with Gasteiger partial charge in [-0.25, -0.2) is 4.39 Å². The first kappa shape index (κ1) is 16.8. The maximum atomic E-state index is 12.8. The highest BCUT2D eigenvalue weighted by atomic mass is 19.1. The minimum absolute atomic E-state index is 0.0427. The molecular formula is C15H19FN2O3. The number of halogens is 1. The molecule has 114 valence electrons. The van der Waals surface area contributed by atoms with Crippen molar-refractivity contribution in [2.45, 2.75) is 6.92 Å². The van der Waals surface area contributed by atoms with Crippen LogP contribution in [-0.4, -0.2) is 41.5 Å². The number of aliphatic carboxylic acids is 1. The predicted molar refractivity (Wildman–Crippen MR) is 78.5 cm³/mol. The second-order valence-corrected chi connectivity index (χ2v) is 4.78. The first-order valence-corrected chi connectivity index (χ1v) is 6.54. The molecule has 1 amide bonds. The molecule has 0 aliphatic rings. The molecule has 6 heteroatoms. The van der Waals surface area contributed by atoms with Gasteiger partial charge in [0.1, 0.15) is 5.82 Å². The van der Waals surface area contributed by atoms with Crippen LogP contribution in [0.2, 0.25) is 0 Å². The Morgan fingerprint density at radius 2 is 2.05 bits per heavy atom. The van der Waals surface area contributed by atoms with Crippen LogP contribution in [0, 0.1) is 11.7 Å². The summed E-state index contributed by atoms with van der Waals surface area (Å²) in [5.74, 6) is -2.16. The zero-order valence-electron chi connectivity index (χ0n) is 11.9. The Balaban J connectivity index is 2.57. The number of hydrogen-bond acceptors (Lipinski definition) is 3. The van der Waals surface area contributed by atoms with Crippen molar-refractivity contribution in [1.82, 2.24) is 4.90 Å². The number of benzene rings is 1. The molecule has 0 saturated carbocycles. The largest absolute Gasteiger partial charge is 0.481 e. The smallest absolute Gasteiger partial charge is 0.307 e. The summed E-state index contributed by atoms with van der Waals surface area (Å²) in [5.41, 5.74) is 0.492. The number of carbonyl (C=O) groups is 2. The molecule has 0 aliphatic carbocycles. The molecule has 5 nitrogen and oxygen atoms in total. The van der Waals surface area contributed by atoms with Crippen LogP contribution < -0.4 is 5.32 Å². The van der Waals surface area contributed by atoms with E-state index in [0.717, 1.165) is 0 Å². The monoisotopic (exact) mass is 294 g/mol. The van der Waals surface area contributed by atoms with Gasteiger partial charge in [-0.2, -0.15) is 0 Å². The number of hydrogen-bond donors (Lipinski definition) is 2. The Labute approximate surface area is 123 Å². The Hall–Kier alpha value is -2.21. The molecule has 0 heterocycles. The van der Waals surface area contributed by atoms with Gasteiger partial charge in [0.2, 0.25) is 5.91 Å². The lowest BCUT2D eigenvalue weighted by Gasteiger charge is -2.22. The van der Waals surface area contributed by atoms with E-state index in [0.29, 0.717) is 12.2 Å². The fraction of sp³-hybridized carbons (Fsp3) is 0.333. The molecule has 0 spiro atoms. The van der Waals surface area contributed by atoms with Crippen molar-refractivity contribution >= 4 is 17.6 Å². The quantitative estimate of drug-likeness (QED) is 0.719. The maximum Gasteiger partial charge on any atom is 0.307 e. The van der Waals surface area contributed by atoms with Gasteiger partial charge in [0.05, 0.1) is 12.5 Å². The summed E-state index contributed by atoms with van der Waals surface area (Å²) in [7, 11) is 0. The van der Waals surface area contributed by atoms with Gasteiger partial charge in [-0.15, -0.1) is 6.58 Å². The number of nitrogens with one attached hydrogen (secondary N) is 1. The first-order valence-electron chi connectivity index (χ1n) is 6.54. The molecule has 1 rings (SSSR count). The Kier molecular flexibility index (Phi) is 6.55. The van der Waals surface area contributed by atoms with E-state index in [9.17, 15) is 14.0 Å². The van der Waals surface area contributed by atoms with Crippen LogP contribution in [0.1, 0.15) is 6.92 Å². The summed E-state index contributed by atoms with van der Waals surface area (Å²) in [6.07, 6.45) is 1.61. The minimum atomic E-state index is -0.914. The number of amides is 1. The van der Waals surface area contributed by atoms with Crippen molar-refractivity contribution in [3.05, 3.63) is 42.7 Å². The van der Waals surface area contributed by atoms with E-state index in [1.54, 1.807) is 17.9 Å². The highest BCUT2D eigenvalue weighted by molar-refractivity contribution is 5.92. The number of rotatable bonds is 8. The third-order valence-electron chi connectivity index (χ3n) is 2.84. The molecule has 1 unspecified atom stereocenters. The minimum Gasteiger partial charge on any atom is -0.481 e. The van der Waals surface area contributed by atoms with Crippen LogP contribution in [-0.2, 0) is 9.59 Å². The highest BCUT2D eigenvalue weighted by Crippen LogP contribution is 2.08. The van der Waals surface area contributed by atoms with Crippen molar-refractivity contribution in [3.8, 4) is 0 Å². The SMILES string of the molecule is C=CCN(CC(=O)Nc1ccc(F)cc1)CC(C)C(=O)O. The molecule has 0 radical (unpaired) electrons. The molecule has 1 atom stereocenters. The lowest BCUT2D eigenvalue weighted by molar-refractivity contribution is -0.142. The van der Waals surface area contributed by atoms with Crippen LogP contribution in [0.3, 0.4) is 0 Å². The van der Waals surface area contributed by atoms with Crippen molar-refractivity contribution in [1.29, 1.82) is 0 Å². The van der Waals surface area contributed by atoms with E-state index in [1.807, 2.05) is 0 Å². The molecule has 21 heavy (non-hydrogen) atoms. The maximum absolute atomic E-state index is 12.8. The normalized spacial score (nSPS) is 12.0. The molecule has 0 bridgehead atoms. The lowest BCUT2D eigenvalue weighted by Crippen LogP contribution is -2.38. The van der Waals surface area contributed by atoms with E-state index in [4.69, 9.17) is 5.11 Å². The number of carboxylic acid groups (broad SMARTS) is 1. The second-order valence-electron chi connectivity index (χ2n) is 4.78. The van der Waals surface area contributed by atoms with E-state index in [2.05, 4.69) is 11.9 Å². The van der Waals surface area contributed by atoms with Crippen molar-refractivity contribution in [3.63, 3.8) is 0 Å². The van der Waals surface area contributed by atoms with E-state index >= 15 is 0 Å². The fourth-order valence-corrected chi connectivity index (χ4v) is 1.79. The molecule has 1 aromatic rings. The number of carbonyl (C=O) groups excluding carboxylic acids is 1. The average molecular weight is 294 g/mol. The summed E-state index contributed by atoms with van der Waals surface area (Å²) in [4.78, 5) is 24.5. The topological polar surface area (TPSA) is 69.6 Å².